The van der Waals surface area contributed by atoms with Crippen LogP contribution in [0.3, 0.4) is 0 Å². The number of hydrogen-bond acceptors (Lipinski definition) is 3. The first kappa shape index (κ1) is 22.7. The molecule has 0 unspecified atom stereocenters. The van der Waals surface area contributed by atoms with Gasteiger partial charge in [0.2, 0.25) is 0 Å². The zero-order valence-electron chi connectivity index (χ0n) is 6.98. The summed E-state index contributed by atoms with van der Waals surface area (Å²) in [6, 6.07) is 0. The molecule has 0 heterocycles. The van der Waals surface area contributed by atoms with Crippen LogP contribution >= 0.6 is 0 Å². The first-order valence-electron chi connectivity index (χ1n) is 1.91. The van der Waals surface area contributed by atoms with Gasteiger partial charge in [-0.2, -0.15) is 8.42 Å². The zero-order chi connectivity index (χ0) is 7.21. The summed E-state index contributed by atoms with van der Waals surface area (Å²) in [4.78, 5) is 0. The van der Waals surface area contributed by atoms with Gasteiger partial charge in [-0.05, 0) is 0 Å². The van der Waals surface area contributed by atoms with Gasteiger partial charge in [-0.1, -0.05) is 0 Å². The van der Waals surface area contributed by atoms with E-state index in [1.165, 1.54) is 3.93 Å². The van der Waals surface area contributed by atoms with Gasteiger partial charge in [0.05, 0.1) is 0 Å². The molecule has 56 valence electrons. The van der Waals surface area contributed by atoms with Crippen LogP contribution in [0, 0.1) is 0 Å². The molecular weight excluding hydrogens is 376 g/mol. The van der Waals surface area contributed by atoms with Crippen LogP contribution in [0.15, 0.2) is 0 Å². The monoisotopic (exact) mass is 386 g/mol. The minimum absolute atomic E-state index is 0. The third kappa shape index (κ3) is 183. The average molecular weight is 385 g/mol. The molecule has 0 aliphatic rings. The van der Waals surface area contributed by atoms with Crippen LogP contribution in [-0.4, -0.2) is 17.5 Å². The Bertz CT molecular complexity index is 120. The Morgan fingerprint density at radius 3 is 1.50 bits per heavy atom. The van der Waals surface area contributed by atoms with Gasteiger partial charge in [0.25, 0.3) is 0 Å². The Morgan fingerprint density at radius 2 is 1.50 bits per heavy atom. The van der Waals surface area contributed by atoms with Crippen LogP contribution in [0.5, 0.6) is 0 Å². The number of hydrogen-bond donors (Lipinski definition) is 2. The van der Waals surface area contributed by atoms with Gasteiger partial charge in [-0.15, -0.1) is 0 Å². The third-order valence-electron chi connectivity index (χ3n) is 0. The van der Waals surface area contributed by atoms with Crippen LogP contribution in [0.25, 0.3) is 0 Å². The van der Waals surface area contributed by atoms with Crippen molar-refractivity contribution in [3.05, 3.63) is 0 Å². The predicted octanol–water partition coefficient (Wildman–Crippen LogP) is -2.83. The van der Waals surface area contributed by atoms with E-state index in [2.05, 4.69) is 6.92 Å². The molecule has 0 rings (SSSR count). The van der Waals surface area contributed by atoms with E-state index >= 15 is 0 Å². The standard InChI is InChI=1S/C2H5.Hg.Na.H2O4S.H2S.H/c1-2;;;1-5(2,3)4;;/h1H2,2H3;;;(H2,1,2,3,4);1H2;/q;2*+1;;;-1/p-1. The average Bonchev–Trinajstić information content (AvgIpc) is 1.27. The molecule has 10 heavy (non-hydrogen) atoms. The molecular formula is C2H9HgNaO4S2. The Morgan fingerprint density at radius 1 is 1.50 bits per heavy atom. The molecule has 0 radical (unpaired) electrons. The van der Waals surface area contributed by atoms with Crippen LogP contribution in [0.2, 0.25) is 3.93 Å². The summed E-state index contributed by atoms with van der Waals surface area (Å²) in [5.74, 6) is 0. The fraction of sp³-hybridized carbons (Fsp3) is 1.00. The fourth-order valence-electron chi connectivity index (χ4n) is 0. The Hall–Kier alpha value is 2.16. The van der Waals surface area contributed by atoms with E-state index in [-0.39, 0.29) is 44.5 Å². The van der Waals surface area contributed by atoms with Crippen LogP contribution < -0.4 is 29.6 Å². The minimum atomic E-state index is -4.67. The Kier molecular flexibility index (Phi) is 31.2. The maximum absolute atomic E-state index is 8.74. The van der Waals surface area contributed by atoms with Crippen LogP contribution in [0.4, 0.5) is 0 Å². The molecule has 0 aromatic heterocycles. The smallest absolute Gasteiger partial charge is 1.00 e. The molecule has 0 saturated carbocycles. The molecule has 0 aromatic carbocycles. The molecule has 0 atom stereocenters. The molecule has 0 fully saturated rings. The van der Waals surface area contributed by atoms with Crippen molar-refractivity contribution in [2.75, 3.05) is 0 Å². The molecule has 0 amide bonds. The normalized spacial score (nSPS) is 7.70. The summed E-state index contributed by atoms with van der Waals surface area (Å²) in [6.45, 7) is 2.21. The quantitative estimate of drug-likeness (QED) is 0.204. The van der Waals surface area contributed by atoms with Crippen molar-refractivity contribution in [2.45, 2.75) is 10.9 Å². The number of rotatable bonds is 0. The van der Waals surface area contributed by atoms with E-state index in [4.69, 9.17) is 17.5 Å². The second-order valence-electron chi connectivity index (χ2n) is 0.948. The summed E-state index contributed by atoms with van der Waals surface area (Å²) in [7, 11) is -4.67. The van der Waals surface area contributed by atoms with Crippen molar-refractivity contribution < 1.29 is 74.6 Å². The molecule has 0 aliphatic heterocycles. The van der Waals surface area contributed by atoms with Crippen molar-refractivity contribution in [1.82, 2.24) is 0 Å². The first-order chi connectivity index (χ1) is 3.41. The Balaban J connectivity index is -0.0000000183. The molecule has 0 aliphatic carbocycles. The Labute approximate surface area is 108 Å². The van der Waals surface area contributed by atoms with E-state index in [0.717, 1.165) is 26.1 Å². The van der Waals surface area contributed by atoms with Gasteiger partial charge in [-0.3, -0.25) is 9.11 Å². The maximum atomic E-state index is 8.74. The second kappa shape index (κ2) is 13.7. The molecule has 0 saturated heterocycles. The number of thiol groups is 1. The van der Waals surface area contributed by atoms with E-state index in [9.17, 15) is 0 Å². The first-order valence-corrected chi connectivity index (χ1v) is 7.19. The van der Waals surface area contributed by atoms with Crippen molar-refractivity contribution in [3.63, 3.8) is 0 Å². The van der Waals surface area contributed by atoms with Gasteiger partial charge in [-0.25, -0.2) is 0 Å². The molecule has 2 N–H and O–H groups in total. The topological polar surface area (TPSA) is 74.6 Å². The molecule has 0 aromatic rings. The van der Waals surface area contributed by atoms with Crippen LogP contribution in [-0.2, 0) is 50.0 Å². The van der Waals surface area contributed by atoms with Gasteiger partial charge in [0.1, 0.15) is 0 Å². The SMILES string of the molecule is C[CH2][Hg+].O=S(=O)(O)O.[H-].[Na+].[SH-]. The van der Waals surface area contributed by atoms with E-state index < -0.39 is 10.4 Å². The van der Waals surface area contributed by atoms with Gasteiger partial charge < -0.3 is 14.9 Å². The third-order valence-corrected chi connectivity index (χ3v) is 0. The second-order valence-corrected chi connectivity index (χ2v) is 5.73. The summed E-state index contributed by atoms with van der Waals surface area (Å²) in [5.41, 5.74) is 0. The molecule has 8 heteroatoms. The maximum Gasteiger partial charge on any atom is 1.00 e. The largest absolute Gasteiger partial charge is 1.00 e. The van der Waals surface area contributed by atoms with E-state index in [0.29, 0.717) is 0 Å². The van der Waals surface area contributed by atoms with Gasteiger partial charge in [0.15, 0.2) is 0 Å². The van der Waals surface area contributed by atoms with Crippen LogP contribution in [0.1, 0.15) is 8.35 Å². The van der Waals surface area contributed by atoms with Gasteiger partial charge in [0, 0.05) is 0 Å². The van der Waals surface area contributed by atoms with E-state index in [1.54, 1.807) is 0 Å². The minimum Gasteiger partial charge on any atom is -1.00 e. The summed E-state index contributed by atoms with van der Waals surface area (Å²) >= 11 is 1.07. The summed E-state index contributed by atoms with van der Waals surface area (Å²) < 4.78 is 33.0. The van der Waals surface area contributed by atoms with E-state index in [1.807, 2.05) is 0 Å². The molecule has 0 spiro atoms. The molecule has 4 nitrogen and oxygen atoms in total. The molecule has 0 bridgehead atoms. The summed E-state index contributed by atoms with van der Waals surface area (Å²) in [5, 5.41) is 0. The van der Waals surface area contributed by atoms with Crippen molar-refractivity contribution in [3.8, 4) is 0 Å². The van der Waals surface area contributed by atoms with Crippen molar-refractivity contribution in [1.29, 1.82) is 0 Å². The fourth-order valence-corrected chi connectivity index (χ4v) is 0. The van der Waals surface area contributed by atoms with Crippen molar-refractivity contribution >= 4 is 23.9 Å². The van der Waals surface area contributed by atoms with Crippen molar-refractivity contribution in [2.24, 2.45) is 0 Å². The predicted molar refractivity (Wildman–Crippen MR) is 34.5 cm³/mol. The zero-order valence-corrected chi connectivity index (χ0v) is 15.2. The van der Waals surface area contributed by atoms with Gasteiger partial charge >= 0.3 is 76.9 Å². The summed E-state index contributed by atoms with van der Waals surface area (Å²) in [6.07, 6.45) is 0.